The topological polar surface area (TPSA) is 168 Å². The number of aliphatic hydroxyl groups is 2. The van der Waals surface area contributed by atoms with Gasteiger partial charge in [0.15, 0.2) is 0 Å². The quantitative estimate of drug-likeness (QED) is 0.0980. The number of nitrogens with two attached hydrogens (primary N) is 1. The van der Waals surface area contributed by atoms with Crippen molar-refractivity contribution >= 4 is 17.6 Å². The van der Waals surface area contributed by atoms with Crippen LogP contribution >= 0.6 is 11.6 Å². The number of carbonyl (C=O) groups is 1. The van der Waals surface area contributed by atoms with E-state index in [1.807, 2.05) is 4.90 Å². The van der Waals surface area contributed by atoms with E-state index in [4.69, 9.17) is 27.2 Å². The first-order valence-electron chi connectivity index (χ1n) is 13.9. The second-order valence-electron chi connectivity index (χ2n) is 11.0. The lowest BCUT2D eigenvalue weighted by atomic mass is 9.87. The van der Waals surface area contributed by atoms with Crippen molar-refractivity contribution in [1.29, 1.82) is 0 Å². The highest BCUT2D eigenvalue weighted by atomic mass is 35.5. The van der Waals surface area contributed by atoms with Crippen molar-refractivity contribution in [1.82, 2.24) is 31.1 Å². The summed E-state index contributed by atoms with van der Waals surface area (Å²) in [7, 11) is 0. The van der Waals surface area contributed by atoms with Crippen molar-refractivity contribution in [2.45, 2.75) is 93.2 Å². The van der Waals surface area contributed by atoms with E-state index in [0.717, 1.165) is 38.3 Å². The molecule has 4 aliphatic rings. The Kier molecular flexibility index (Phi) is 11.2. The van der Waals surface area contributed by atoms with E-state index in [2.05, 4.69) is 26.2 Å². The average Bonchev–Trinajstić information content (AvgIpc) is 3.42. The molecule has 3 saturated heterocycles. The number of rotatable bonds is 13. The zero-order valence-electron chi connectivity index (χ0n) is 21.6. The number of hydrogen-bond acceptors (Lipinski definition) is 11. The molecule has 12 nitrogen and oxygen atoms in total. The Balaban J connectivity index is 1.25. The third-order valence-electron chi connectivity index (χ3n) is 8.32. The van der Waals surface area contributed by atoms with Crippen molar-refractivity contribution in [2.75, 3.05) is 46.1 Å². The maximum Gasteiger partial charge on any atom is 0.303 e. The first-order chi connectivity index (χ1) is 17.8. The number of carboxylic acid groups (broad SMARTS) is 1. The second-order valence-corrected chi connectivity index (χ2v) is 11.6. The minimum absolute atomic E-state index is 0.0377. The molecule has 214 valence electrons. The van der Waals surface area contributed by atoms with Gasteiger partial charge in [0.2, 0.25) is 0 Å². The minimum atomic E-state index is -1.06. The Bertz CT molecular complexity index is 719. The van der Waals surface area contributed by atoms with E-state index in [9.17, 15) is 15.0 Å². The fourth-order valence-corrected chi connectivity index (χ4v) is 6.34. The van der Waals surface area contributed by atoms with Crippen molar-refractivity contribution in [2.24, 2.45) is 11.7 Å². The standard InChI is InChI=1S/C24H46ClN7O5/c25-16-5-3-15(4-6-16)7-8-27-9-11-31(10-1-2-18(33)34)12-17-20(35)21(36)24(37-17)32-14-30-19-22(26)28-13-29-23(19)32/h15-17,19-24,27-30,35-36H,1-14,26H2,(H,33,34)/t15?,16?,17-,19?,20-,21-,22?,23?,24-/m1/s1. The summed E-state index contributed by atoms with van der Waals surface area (Å²) < 4.78 is 6.22. The van der Waals surface area contributed by atoms with Gasteiger partial charge in [0.05, 0.1) is 25.0 Å². The Morgan fingerprint density at radius 2 is 1.89 bits per heavy atom. The SMILES string of the molecule is NC1NCNC2C1NCN2[C@@H]1O[C@H](CN(CCCC(=O)O)CCNCCC2CCC(Cl)CC2)[C@@H](O)[C@H]1O. The van der Waals surface area contributed by atoms with Gasteiger partial charge in [-0.3, -0.25) is 25.6 Å². The molecule has 0 amide bonds. The number of ether oxygens (including phenoxy) is 1. The summed E-state index contributed by atoms with van der Waals surface area (Å²) in [6.07, 6.45) is 2.69. The fourth-order valence-electron chi connectivity index (χ4n) is 6.09. The molecule has 0 aromatic rings. The van der Waals surface area contributed by atoms with Gasteiger partial charge in [0.1, 0.15) is 24.5 Å². The van der Waals surface area contributed by atoms with Crippen LogP contribution in [-0.4, -0.2) is 125 Å². The molecule has 0 bridgehead atoms. The molecule has 0 aromatic heterocycles. The highest BCUT2D eigenvalue weighted by Gasteiger charge is 2.51. The summed E-state index contributed by atoms with van der Waals surface area (Å²) >= 11 is 6.21. The number of aliphatic carboxylic acids is 1. The predicted octanol–water partition coefficient (Wildman–Crippen LogP) is -1.63. The largest absolute Gasteiger partial charge is 0.481 e. The van der Waals surface area contributed by atoms with Gasteiger partial charge in [-0.1, -0.05) is 0 Å². The minimum Gasteiger partial charge on any atom is -0.481 e. The molecular weight excluding hydrogens is 502 g/mol. The first-order valence-corrected chi connectivity index (χ1v) is 14.3. The summed E-state index contributed by atoms with van der Waals surface area (Å²) in [6, 6.07) is -0.0377. The Morgan fingerprint density at radius 3 is 2.65 bits per heavy atom. The lowest BCUT2D eigenvalue weighted by Crippen LogP contribution is -2.68. The van der Waals surface area contributed by atoms with Gasteiger partial charge in [-0.05, 0) is 57.5 Å². The molecule has 3 unspecified atom stereocenters. The van der Waals surface area contributed by atoms with E-state index >= 15 is 0 Å². The molecule has 37 heavy (non-hydrogen) atoms. The molecule has 1 saturated carbocycles. The molecular formula is C24H46ClN7O5. The van der Waals surface area contributed by atoms with E-state index in [0.29, 0.717) is 44.8 Å². The zero-order valence-corrected chi connectivity index (χ0v) is 22.4. The fraction of sp³-hybridized carbons (Fsp3) is 0.958. The number of halogens is 1. The molecule has 1 aliphatic carbocycles. The van der Waals surface area contributed by atoms with Gasteiger partial charge in [0, 0.05) is 38.1 Å². The van der Waals surface area contributed by atoms with Crippen LogP contribution < -0.4 is 27.0 Å². The zero-order chi connectivity index (χ0) is 26.4. The van der Waals surface area contributed by atoms with Crippen LogP contribution in [0.3, 0.4) is 0 Å². The Morgan fingerprint density at radius 1 is 1.11 bits per heavy atom. The van der Waals surface area contributed by atoms with E-state index < -0.39 is 30.5 Å². The lowest BCUT2D eigenvalue weighted by Gasteiger charge is -2.38. The number of nitrogens with one attached hydrogen (secondary N) is 4. The summed E-state index contributed by atoms with van der Waals surface area (Å²) in [5.74, 6) is -0.0839. The third kappa shape index (κ3) is 7.95. The molecule has 9 N–H and O–H groups in total. The Hall–Kier alpha value is -0.640. The number of alkyl halides is 1. The van der Waals surface area contributed by atoms with Gasteiger partial charge in [0.25, 0.3) is 0 Å². The third-order valence-corrected chi connectivity index (χ3v) is 8.76. The van der Waals surface area contributed by atoms with Crippen LogP contribution in [0.4, 0.5) is 0 Å². The normalized spacial score (nSPS) is 38.8. The van der Waals surface area contributed by atoms with E-state index in [1.54, 1.807) is 0 Å². The highest BCUT2D eigenvalue weighted by molar-refractivity contribution is 6.20. The number of aliphatic hydroxyl groups excluding tert-OH is 2. The van der Waals surface area contributed by atoms with Gasteiger partial charge >= 0.3 is 5.97 Å². The summed E-state index contributed by atoms with van der Waals surface area (Å²) in [5, 5.41) is 44.5. The van der Waals surface area contributed by atoms with Crippen LogP contribution in [0.1, 0.15) is 44.9 Å². The number of nitrogens with zero attached hydrogens (tertiary/aromatic N) is 2. The molecule has 7 atom stereocenters. The van der Waals surface area contributed by atoms with Gasteiger partial charge < -0.3 is 31.1 Å². The average molecular weight is 548 g/mol. The maximum absolute atomic E-state index is 11.1. The molecule has 0 aromatic carbocycles. The van der Waals surface area contributed by atoms with Gasteiger partial charge in [-0.2, -0.15) is 0 Å². The molecule has 3 aliphatic heterocycles. The molecule has 0 radical (unpaired) electrons. The first kappa shape index (κ1) is 29.3. The van der Waals surface area contributed by atoms with Crippen LogP contribution in [0.25, 0.3) is 0 Å². The van der Waals surface area contributed by atoms with Gasteiger partial charge in [-0.25, -0.2) is 4.90 Å². The summed E-state index contributed by atoms with van der Waals surface area (Å²) in [5.41, 5.74) is 6.17. The predicted molar refractivity (Wildman–Crippen MR) is 140 cm³/mol. The molecule has 13 heteroatoms. The van der Waals surface area contributed by atoms with Crippen molar-refractivity contribution in [3.8, 4) is 0 Å². The van der Waals surface area contributed by atoms with Crippen molar-refractivity contribution in [3.63, 3.8) is 0 Å². The highest BCUT2D eigenvalue weighted by Crippen LogP contribution is 2.30. The van der Waals surface area contributed by atoms with Crippen molar-refractivity contribution < 1.29 is 24.9 Å². The second kappa shape index (κ2) is 14.1. The summed E-state index contributed by atoms with van der Waals surface area (Å²) in [4.78, 5) is 15.2. The van der Waals surface area contributed by atoms with Crippen LogP contribution in [0.15, 0.2) is 0 Å². The lowest BCUT2D eigenvalue weighted by molar-refractivity contribution is -0.137. The Labute approximate surface area is 224 Å². The number of carboxylic acids is 1. The van der Waals surface area contributed by atoms with Crippen LogP contribution in [0.2, 0.25) is 0 Å². The summed E-state index contributed by atoms with van der Waals surface area (Å²) in [6.45, 7) is 4.45. The van der Waals surface area contributed by atoms with Crippen molar-refractivity contribution in [3.05, 3.63) is 0 Å². The van der Waals surface area contributed by atoms with Gasteiger partial charge in [-0.15, -0.1) is 11.6 Å². The van der Waals surface area contributed by atoms with Crippen LogP contribution in [-0.2, 0) is 9.53 Å². The molecule has 0 spiro atoms. The molecule has 3 heterocycles. The number of hydrogen-bond donors (Lipinski definition) is 8. The maximum atomic E-state index is 11.1. The molecule has 4 fully saturated rings. The number of fused-ring (bicyclic) bond motifs is 1. The van der Waals surface area contributed by atoms with E-state index in [-0.39, 0.29) is 24.8 Å². The van der Waals surface area contributed by atoms with Crippen LogP contribution in [0, 0.1) is 5.92 Å². The smallest absolute Gasteiger partial charge is 0.303 e. The van der Waals surface area contributed by atoms with Crippen LogP contribution in [0.5, 0.6) is 0 Å². The monoisotopic (exact) mass is 547 g/mol. The molecule has 4 rings (SSSR count). The van der Waals surface area contributed by atoms with E-state index in [1.165, 1.54) is 12.8 Å².